The number of aryl methyl sites for hydroxylation is 1. The fourth-order valence-corrected chi connectivity index (χ4v) is 4.34. The molecule has 5 nitrogen and oxygen atoms in total. The molecule has 8 heteroatoms. The zero-order valence-corrected chi connectivity index (χ0v) is 17.9. The van der Waals surface area contributed by atoms with Crippen molar-refractivity contribution in [2.24, 2.45) is 0 Å². The number of carbonyl (C=O) groups is 1. The van der Waals surface area contributed by atoms with Crippen LogP contribution in [0.5, 0.6) is 0 Å². The van der Waals surface area contributed by atoms with E-state index in [2.05, 4.69) is 4.72 Å². The van der Waals surface area contributed by atoms with Gasteiger partial charge in [-0.25, -0.2) is 13.1 Å². The van der Waals surface area contributed by atoms with E-state index in [1.54, 1.807) is 6.07 Å². The molecule has 1 atom stereocenters. The number of carboxylic acids is 1. The Labute approximate surface area is 180 Å². The van der Waals surface area contributed by atoms with E-state index >= 15 is 0 Å². The number of sulfonamides is 1. The maximum atomic E-state index is 12.4. The molecule has 0 aliphatic heterocycles. The predicted molar refractivity (Wildman–Crippen MR) is 92.9 cm³/mol. The van der Waals surface area contributed by atoms with Crippen molar-refractivity contribution < 1.29 is 47.9 Å². The summed E-state index contributed by atoms with van der Waals surface area (Å²) in [5.74, 6) is -1.10. The molecule has 0 saturated heterocycles. The van der Waals surface area contributed by atoms with Crippen molar-refractivity contribution in [1.29, 1.82) is 0 Å². The summed E-state index contributed by atoms with van der Waals surface area (Å²) < 4.78 is 27.4. The van der Waals surface area contributed by atoms with Gasteiger partial charge < -0.3 is 9.90 Å². The normalized spacial score (nSPS) is 16.0. The monoisotopic (exact) mass is 401 g/mol. The van der Waals surface area contributed by atoms with Gasteiger partial charge in [0.2, 0.25) is 10.0 Å². The summed E-state index contributed by atoms with van der Waals surface area (Å²) >= 11 is 5.79. The van der Waals surface area contributed by atoms with Crippen LogP contribution in [0.4, 0.5) is 0 Å². The van der Waals surface area contributed by atoms with Gasteiger partial charge in [0.25, 0.3) is 0 Å². The van der Waals surface area contributed by atoms with Crippen LogP contribution in [0.3, 0.4) is 0 Å². The molecule has 0 aromatic heterocycles. The zero-order valence-electron chi connectivity index (χ0n) is 14.4. The van der Waals surface area contributed by atoms with E-state index in [9.17, 15) is 18.3 Å². The van der Waals surface area contributed by atoms with Gasteiger partial charge in [0.1, 0.15) is 0 Å². The first-order chi connectivity index (χ1) is 11.8. The van der Waals surface area contributed by atoms with Crippen LogP contribution < -0.4 is 39.4 Å². The SMILES string of the molecule is O=C([O-])Cc1ccc2c(c1)C(CNS(=O)(=O)c1ccc(Cl)cc1)CC2.[Na+]. The molecular weight excluding hydrogens is 385 g/mol. The summed E-state index contributed by atoms with van der Waals surface area (Å²) in [5, 5.41) is 11.3. The van der Waals surface area contributed by atoms with Crippen LogP contribution in [-0.4, -0.2) is 20.9 Å². The Bertz CT molecular complexity index is 900. The van der Waals surface area contributed by atoms with Gasteiger partial charge in [-0.2, -0.15) is 0 Å². The number of halogens is 1. The molecule has 0 radical (unpaired) electrons. The van der Waals surface area contributed by atoms with Crippen molar-refractivity contribution in [3.8, 4) is 0 Å². The Kier molecular flexibility index (Phi) is 7.30. The number of carboxylic acid groups (broad SMARTS) is 1. The number of aliphatic carboxylic acids is 1. The second-order valence-corrected chi connectivity index (χ2v) is 8.33. The van der Waals surface area contributed by atoms with Crippen molar-refractivity contribution in [2.75, 3.05) is 6.54 Å². The van der Waals surface area contributed by atoms with Crippen molar-refractivity contribution in [2.45, 2.75) is 30.1 Å². The van der Waals surface area contributed by atoms with Gasteiger partial charge >= 0.3 is 29.6 Å². The third kappa shape index (κ3) is 5.09. The largest absolute Gasteiger partial charge is 1.00 e. The molecule has 0 spiro atoms. The van der Waals surface area contributed by atoms with Gasteiger partial charge in [0.05, 0.1) is 4.90 Å². The number of hydrogen-bond donors (Lipinski definition) is 1. The van der Waals surface area contributed by atoms with E-state index in [4.69, 9.17) is 11.6 Å². The van der Waals surface area contributed by atoms with Crippen LogP contribution >= 0.6 is 11.6 Å². The Morgan fingerprint density at radius 1 is 1.19 bits per heavy atom. The minimum Gasteiger partial charge on any atom is -0.550 e. The third-order valence-electron chi connectivity index (χ3n) is 4.40. The molecule has 3 rings (SSSR count). The average molecular weight is 402 g/mol. The maximum absolute atomic E-state index is 12.4. The molecule has 0 heterocycles. The van der Waals surface area contributed by atoms with Crippen LogP contribution in [0, 0.1) is 0 Å². The zero-order chi connectivity index (χ0) is 18.0. The van der Waals surface area contributed by atoms with Crippen LogP contribution in [0.1, 0.15) is 29.0 Å². The second kappa shape index (κ2) is 8.87. The first-order valence-electron chi connectivity index (χ1n) is 7.92. The van der Waals surface area contributed by atoms with Crippen LogP contribution in [-0.2, 0) is 27.7 Å². The van der Waals surface area contributed by atoms with E-state index in [0.717, 1.165) is 24.0 Å². The molecule has 1 aliphatic rings. The topological polar surface area (TPSA) is 86.3 Å². The quantitative estimate of drug-likeness (QED) is 0.606. The van der Waals surface area contributed by atoms with Crippen molar-refractivity contribution in [3.05, 3.63) is 64.2 Å². The van der Waals surface area contributed by atoms with Crippen molar-refractivity contribution in [3.63, 3.8) is 0 Å². The molecule has 0 fully saturated rings. The van der Waals surface area contributed by atoms with E-state index in [-0.39, 0.29) is 53.3 Å². The Balaban J connectivity index is 0.00000243. The van der Waals surface area contributed by atoms with Crippen molar-refractivity contribution in [1.82, 2.24) is 4.72 Å². The number of fused-ring (bicyclic) bond motifs is 1. The van der Waals surface area contributed by atoms with Gasteiger partial charge in [-0.3, -0.25) is 0 Å². The minimum atomic E-state index is -3.61. The fraction of sp³-hybridized carbons (Fsp3) is 0.278. The van der Waals surface area contributed by atoms with E-state index < -0.39 is 16.0 Å². The first-order valence-corrected chi connectivity index (χ1v) is 9.78. The molecule has 132 valence electrons. The Morgan fingerprint density at radius 2 is 1.88 bits per heavy atom. The summed E-state index contributed by atoms with van der Waals surface area (Å²) in [6.07, 6.45) is 1.54. The van der Waals surface area contributed by atoms with Gasteiger partial charge in [-0.1, -0.05) is 29.8 Å². The number of hydrogen-bond acceptors (Lipinski definition) is 4. The number of nitrogens with one attached hydrogen (secondary N) is 1. The van der Waals surface area contributed by atoms with Gasteiger partial charge in [0, 0.05) is 24.0 Å². The third-order valence-corrected chi connectivity index (χ3v) is 6.10. The molecular formula is C18H17ClNNaO4S. The van der Waals surface area contributed by atoms with Gasteiger partial charge in [-0.15, -0.1) is 0 Å². The molecule has 2 aromatic carbocycles. The smallest absolute Gasteiger partial charge is 0.550 e. The first kappa shape index (κ1) is 21.4. The van der Waals surface area contributed by atoms with Crippen LogP contribution in [0.2, 0.25) is 5.02 Å². The fourth-order valence-electron chi connectivity index (χ4n) is 3.13. The molecule has 1 aliphatic carbocycles. The van der Waals surface area contributed by atoms with Crippen molar-refractivity contribution >= 4 is 27.6 Å². The van der Waals surface area contributed by atoms with E-state index in [1.807, 2.05) is 12.1 Å². The Morgan fingerprint density at radius 3 is 2.54 bits per heavy atom. The molecule has 0 amide bonds. The molecule has 1 unspecified atom stereocenters. The molecule has 2 aromatic rings. The molecule has 1 N–H and O–H groups in total. The minimum absolute atomic E-state index is 0. The standard InChI is InChI=1S/C18H18ClNO4S.Na/c19-15-5-7-16(8-6-15)25(23,24)20-11-14-4-3-13-2-1-12(9-17(13)14)10-18(21)22;/h1-2,5-9,14,20H,3-4,10-11H2,(H,21,22);/q;+1/p-1. The summed E-state index contributed by atoms with van der Waals surface area (Å²) in [5.41, 5.74) is 2.82. The van der Waals surface area contributed by atoms with Gasteiger partial charge in [-0.05, 0) is 59.7 Å². The number of benzene rings is 2. The predicted octanol–water partition coefficient (Wildman–Crippen LogP) is -1.36. The number of carbonyl (C=O) groups excluding carboxylic acids is 1. The van der Waals surface area contributed by atoms with Crippen LogP contribution in [0.15, 0.2) is 47.4 Å². The summed E-state index contributed by atoms with van der Waals surface area (Å²) in [7, 11) is -3.61. The number of rotatable bonds is 6. The summed E-state index contributed by atoms with van der Waals surface area (Å²) in [6.45, 7) is 0.271. The summed E-state index contributed by atoms with van der Waals surface area (Å²) in [6, 6.07) is 11.5. The van der Waals surface area contributed by atoms with E-state index in [0.29, 0.717) is 10.6 Å². The molecule has 0 saturated carbocycles. The summed E-state index contributed by atoms with van der Waals surface area (Å²) in [4.78, 5) is 10.9. The average Bonchev–Trinajstić information content (AvgIpc) is 2.95. The molecule has 26 heavy (non-hydrogen) atoms. The molecule has 0 bridgehead atoms. The van der Waals surface area contributed by atoms with Crippen LogP contribution in [0.25, 0.3) is 0 Å². The maximum Gasteiger partial charge on any atom is 1.00 e. The van der Waals surface area contributed by atoms with E-state index in [1.165, 1.54) is 24.3 Å². The van der Waals surface area contributed by atoms with Gasteiger partial charge in [0.15, 0.2) is 0 Å². The second-order valence-electron chi connectivity index (χ2n) is 6.12. The Hall–Kier alpha value is -0.890.